The summed E-state index contributed by atoms with van der Waals surface area (Å²) in [6.07, 6.45) is -4.88. The molecule has 1 aliphatic carbocycles. The van der Waals surface area contributed by atoms with Crippen LogP contribution in [0.2, 0.25) is 5.02 Å². The van der Waals surface area contributed by atoms with Crippen LogP contribution in [0.4, 0.5) is 23.7 Å². The second-order valence-electron chi connectivity index (χ2n) is 11.7. The number of rotatable bonds is 6. The number of halogens is 4. The summed E-state index contributed by atoms with van der Waals surface area (Å²) in [5.41, 5.74) is -1.44. The van der Waals surface area contributed by atoms with Crippen molar-refractivity contribution in [2.24, 2.45) is 5.92 Å². The number of nitriles is 1. The Morgan fingerprint density at radius 2 is 1.80 bits per heavy atom. The Morgan fingerprint density at radius 3 is 2.32 bits per heavy atom. The maximum absolute atomic E-state index is 13.7. The van der Waals surface area contributed by atoms with Crippen molar-refractivity contribution in [1.29, 1.82) is 5.26 Å². The number of hydroxylamine groups is 2. The van der Waals surface area contributed by atoms with Gasteiger partial charge in [0.15, 0.2) is 9.84 Å². The van der Waals surface area contributed by atoms with Gasteiger partial charge in [0.2, 0.25) is 5.91 Å². The van der Waals surface area contributed by atoms with Crippen molar-refractivity contribution in [3.8, 4) is 6.07 Å². The summed E-state index contributed by atoms with van der Waals surface area (Å²) >= 11 is 6.40. The van der Waals surface area contributed by atoms with E-state index in [4.69, 9.17) is 21.2 Å². The molecular formula is C26H32ClF3N4O6S. The molecule has 1 aromatic carbocycles. The topological polar surface area (TPSA) is 129 Å². The van der Waals surface area contributed by atoms with Gasteiger partial charge in [0.25, 0.3) is 0 Å². The molecule has 4 rings (SSSR count). The van der Waals surface area contributed by atoms with Gasteiger partial charge >= 0.3 is 12.3 Å². The highest BCUT2D eigenvalue weighted by Gasteiger charge is 2.51. The fourth-order valence-electron chi connectivity index (χ4n) is 4.97. The molecule has 0 radical (unpaired) electrons. The Hall–Kier alpha value is -2.76. The van der Waals surface area contributed by atoms with Gasteiger partial charge in [0, 0.05) is 18.8 Å². The summed E-state index contributed by atoms with van der Waals surface area (Å²) in [7, 11) is -4.17. The lowest BCUT2D eigenvalue weighted by atomic mass is 9.96. The van der Waals surface area contributed by atoms with Gasteiger partial charge in [0.1, 0.15) is 17.2 Å². The van der Waals surface area contributed by atoms with Crippen molar-refractivity contribution in [2.75, 3.05) is 24.5 Å². The first kappa shape index (κ1) is 31.2. The zero-order valence-corrected chi connectivity index (χ0v) is 24.4. The molecule has 10 nitrogen and oxygen atoms in total. The maximum atomic E-state index is 13.7. The predicted molar refractivity (Wildman–Crippen MR) is 142 cm³/mol. The number of alkyl halides is 3. The molecule has 1 amide bonds. The van der Waals surface area contributed by atoms with Gasteiger partial charge in [-0.1, -0.05) is 11.6 Å². The average Bonchev–Trinajstić information content (AvgIpc) is 3.50. The SMILES string of the molecule is CC(C)(C)OC(=O)ON1C[C@H](S(=O)(=O)c2ccc(N3CCC(C(F)(F)F)CC3)cc2Cl)C[C@H]1C(=O)NC1(C#N)CC1. The highest BCUT2D eigenvalue weighted by Crippen LogP contribution is 2.39. The molecule has 226 valence electrons. The molecular weight excluding hydrogens is 589 g/mol. The van der Waals surface area contributed by atoms with Crippen LogP contribution in [0.25, 0.3) is 0 Å². The monoisotopic (exact) mass is 620 g/mol. The average molecular weight is 621 g/mol. The Morgan fingerprint density at radius 1 is 1.17 bits per heavy atom. The van der Waals surface area contributed by atoms with E-state index in [1.54, 1.807) is 25.7 Å². The molecule has 15 heteroatoms. The quantitative estimate of drug-likeness (QED) is 0.461. The molecule has 1 saturated carbocycles. The smallest absolute Gasteiger partial charge is 0.427 e. The number of piperidine rings is 1. The van der Waals surface area contributed by atoms with Crippen LogP contribution in [0, 0.1) is 17.2 Å². The Kier molecular flexibility index (Phi) is 8.48. The lowest BCUT2D eigenvalue weighted by Gasteiger charge is -2.34. The third-order valence-corrected chi connectivity index (χ3v) is 10.0. The second-order valence-corrected chi connectivity index (χ2v) is 14.3. The van der Waals surface area contributed by atoms with Gasteiger partial charge in [-0.05, 0) is 71.1 Å². The highest BCUT2D eigenvalue weighted by atomic mass is 35.5. The van der Waals surface area contributed by atoms with Crippen molar-refractivity contribution in [3.63, 3.8) is 0 Å². The largest absolute Gasteiger partial charge is 0.528 e. The maximum Gasteiger partial charge on any atom is 0.528 e. The number of nitrogens with zero attached hydrogens (tertiary/aromatic N) is 3. The van der Waals surface area contributed by atoms with E-state index in [1.165, 1.54) is 18.2 Å². The van der Waals surface area contributed by atoms with Gasteiger partial charge in [-0.3, -0.25) is 4.79 Å². The number of hydrogen-bond donors (Lipinski definition) is 1. The highest BCUT2D eigenvalue weighted by molar-refractivity contribution is 7.92. The first-order chi connectivity index (χ1) is 18.9. The molecule has 2 saturated heterocycles. The number of ether oxygens (including phenoxy) is 1. The summed E-state index contributed by atoms with van der Waals surface area (Å²) in [6.45, 7) is 4.78. The fraction of sp³-hybridized carbons (Fsp3) is 0.654. The number of hydrogen-bond acceptors (Lipinski definition) is 9. The molecule has 41 heavy (non-hydrogen) atoms. The van der Waals surface area contributed by atoms with E-state index in [0.717, 1.165) is 5.06 Å². The first-order valence-electron chi connectivity index (χ1n) is 13.2. The van der Waals surface area contributed by atoms with E-state index >= 15 is 0 Å². The van der Waals surface area contributed by atoms with Crippen molar-refractivity contribution in [3.05, 3.63) is 23.2 Å². The Balaban J connectivity index is 1.51. The number of amides is 1. The number of benzene rings is 1. The van der Waals surface area contributed by atoms with E-state index in [1.807, 2.05) is 6.07 Å². The lowest BCUT2D eigenvalue weighted by Crippen LogP contribution is -2.48. The number of sulfone groups is 1. The summed E-state index contributed by atoms with van der Waals surface area (Å²) in [4.78, 5) is 32.2. The molecule has 2 aliphatic heterocycles. The third kappa shape index (κ3) is 7.18. The Bertz CT molecular complexity index is 1330. The Labute approximate surface area is 241 Å². The number of carbonyl (C=O) groups excluding carboxylic acids is 2. The van der Waals surface area contributed by atoms with Crippen LogP contribution in [0.3, 0.4) is 0 Å². The van der Waals surface area contributed by atoms with Crippen molar-refractivity contribution >= 4 is 39.2 Å². The minimum atomic E-state index is -4.26. The predicted octanol–water partition coefficient (Wildman–Crippen LogP) is 4.37. The van der Waals surface area contributed by atoms with Crippen molar-refractivity contribution in [2.45, 2.75) is 86.4 Å². The van der Waals surface area contributed by atoms with Crippen LogP contribution in [0.15, 0.2) is 23.1 Å². The van der Waals surface area contributed by atoms with E-state index < -0.39 is 56.4 Å². The molecule has 3 aliphatic rings. The number of nitrogens with one attached hydrogen (secondary N) is 1. The van der Waals surface area contributed by atoms with Crippen LogP contribution in [-0.4, -0.2) is 73.8 Å². The van der Waals surface area contributed by atoms with Crippen LogP contribution in [0.5, 0.6) is 0 Å². The zero-order chi connectivity index (χ0) is 30.4. The number of carbonyl (C=O) groups is 2. The van der Waals surface area contributed by atoms with E-state index in [2.05, 4.69) is 5.32 Å². The molecule has 2 heterocycles. The molecule has 2 atom stereocenters. The zero-order valence-electron chi connectivity index (χ0n) is 22.8. The summed E-state index contributed by atoms with van der Waals surface area (Å²) in [5.74, 6) is -2.04. The van der Waals surface area contributed by atoms with Crippen LogP contribution < -0.4 is 10.2 Å². The van der Waals surface area contributed by atoms with Gasteiger partial charge in [0.05, 0.1) is 33.7 Å². The molecule has 0 unspecified atom stereocenters. The molecule has 0 spiro atoms. The van der Waals surface area contributed by atoms with Crippen molar-refractivity contribution in [1.82, 2.24) is 10.4 Å². The molecule has 1 N–H and O–H groups in total. The lowest BCUT2D eigenvalue weighted by molar-refractivity contribution is -0.179. The van der Waals surface area contributed by atoms with Gasteiger partial charge in [-0.25, -0.2) is 13.2 Å². The normalized spacial score (nSPS) is 23.5. The van der Waals surface area contributed by atoms with Gasteiger partial charge in [-0.15, -0.1) is 5.06 Å². The summed E-state index contributed by atoms with van der Waals surface area (Å²) in [6, 6.07) is 5.01. The van der Waals surface area contributed by atoms with Gasteiger partial charge in [-0.2, -0.15) is 18.4 Å². The van der Waals surface area contributed by atoms with E-state index in [-0.39, 0.29) is 48.8 Å². The fourth-order valence-corrected chi connectivity index (χ4v) is 7.19. The van der Waals surface area contributed by atoms with Crippen LogP contribution in [-0.2, 0) is 24.2 Å². The minimum absolute atomic E-state index is 0.0761. The standard InChI is InChI=1S/C26H32ClF3N4O6S/c1-24(2,3)39-23(36)40-34-14-18(13-20(34)22(35)32-25(15-31)8-9-25)41(37,38)21-5-4-17(12-19(21)27)33-10-6-16(7-11-33)26(28,29)30/h4-5,12,16,18,20H,6-11,13-14H2,1-3H3,(H,32,35)/t18-,20+/m1/s1. The third-order valence-electron chi connectivity index (χ3n) is 7.41. The first-order valence-corrected chi connectivity index (χ1v) is 15.1. The number of anilines is 1. The van der Waals surface area contributed by atoms with E-state index in [0.29, 0.717) is 18.5 Å². The van der Waals surface area contributed by atoms with Gasteiger partial charge < -0.3 is 19.8 Å². The van der Waals surface area contributed by atoms with Crippen LogP contribution in [0.1, 0.15) is 52.9 Å². The molecule has 0 aromatic heterocycles. The van der Waals surface area contributed by atoms with E-state index in [9.17, 15) is 36.4 Å². The second kappa shape index (κ2) is 11.1. The molecule has 1 aromatic rings. The van der Waals surface area contributed by atoms with Crippen molar-refractivity contribution < 1.29 is 40.8 Å². The van der Waals surface area contributed by atoms with Crippen LogP contribution >= 0.6 is 11.6 Å². The minimum Gasteiger partial charge on any atom is -0.427 e. The molecule has 3 fully saturated rings. The summed E-state index contributed by atoms with van der Waals surface area (Å²) in [5, 5.41) is 11.6. The molecule has 0 bridgehead atoms. The summed E-state index contributed by atoms with van der Waals surface area (Å²) < 4.78 is 71.6.